The molecule has 1 aliphatic rings. The van der Waals surface area contributed by atoms with E-state index in [2.05, 4.69) is 16.8 Å². The predicted octanol–water partition coefficient (Wildman–Crippen LogP) is 2.00. The van der Waals surface area contributed by atoms with Crippen molar-refractivity contribution in [3.05, 3.63) is 23.9 Å². The van der Waals surface area contributed by atoms with E-state index in [-0.39, 0.29) is 6.10 Å². The quantitative estimate of drug-likeness (QED) is 0.891. The Kier molecular flexibility index (Phi) is 4.19. The zero-order valence-corrected chi connectivity index (χ0v) is 11.3. The number of aliphatic hydroxyl groups excluding tert-OH is 1. The molecular weight excluding hydrogens is 228 g/mol. The first-order valence-corrected chi connectivity index (χ1v) is 6.54. The van der Waals surface area contributed by atoms with Crippen LogP contribution in [0.2, 0.25) is 0 Å². The van der Waals surface area contributed by atoms with E-state index in [1.165, 1.54) is 0 Å². The fraction of sp³-hybridized carbons (Fsp3) is 0.643. The number of ether oxygens (including phenoxy) is 1. The summed E-state index contributed by atoms with van der Waals surface area (Å²) in [6.07, 6.45) is 2.62. The van der Waals surface area contributed by atoms with Gasteiger partial charge in [0.2, 0.25) is 0 Å². The van der Waals surface area contributed by atoms with Gasteiger partial charge >= 0.3 is 0 Å². The van der Waals surface area contributed by atoms with Crippen molar-refractivity contribution >= 4 is 5.82 Å². The Labute approximate surface area is 109 Å². The van der Waals surface area contributed by atoms with Crippen LogP contribution in [0.25, 0.3) is 0 Å². The van der Waals surface area contributed by atoms with Crippen molar-refractivity contribution < 1.29 is 9.84 Å². The Hall–Kier alpha value is -1.13. The molecule has 1 N–H and O–H groups in total. The van der Waals surface area contributed by atoms with Gasteiger partial charge in [0.25, 0.3) is 0 Å². The Morgan fingerprint density at radius 1 is 1.56 bits per heavy atom. The van der Waals surface area contributed by atoms with E-state index in [1.54, 1.807) is 20.2 Å². The molecule has 2 heterocycles. The lowest BCUT2D eigenvalue weighted by Crippen LogP contribution is -2.44. The number of hydrogen-bond donors (Lipinski definition) is 1. The van der Waals surface area contributed by atoms with Crippen LogP contribution in [-0.2, 0) is 4.74 Å². The normalized spacial score (nSPS) is 26.1. The summed E-state index contributed by atoms with van der Waals surface area (Å²) in [5, 5.41) is 9.81. The van der Waals surface area contributed by atoms with Crippen LogP contribution in [-0.4, -0.2) is 36.4 Å². The molecule has 1 saturated heterocycles. The van der Waals surface area contributed by atoms with Crippen LogP contribution < -0.4 is 4.90 Å². The molecular formula is C14H22N2O2. The summed E-state index contributed by atoms with van der Waals surface area (Å²) in [7, 11) is 1.76. The molecule has 2 unspecified atom stereocenters. The number of nitrogens with zero attached hydrogens (tertiary/aromatic N) is 2. The van der Waals surface area contributed by atoms with Crippen LogP contribution in [0.1, 0.15) is 31.9 Å². The Bertz CT molecular complexity index is 395. The molecule has 0 aliphatic carbocycles. The fourth-order valence-corrected chi connectivity index (χ4v) is 2.53. The van der Waals surface area contributed by atoms with Gasteiger partial charge in [-0.05, 0) is 25.3 Å². The Balaban J connectivity index is 2.21. The maximum atomic E-state index is 9.81. The number of pyridine rings is 1. The number of aliphatic hydroxyl groups is 1. The van der Waals surface area contributed by atoms with Crippen LogP contribution in [0.4, 0.5) is 5.82 Å². The van der Waals surface area contributed by atoms with Crippen molar-refractivity contribution in [2.45, 2.75) is 32.5 Å². The molecule has 3 atom stereocenters. The molecule has 2 rings (SSSR count). The van der Waals surface area contributed by atoms with Crippen molar-refractivity contribution in [1.82, 2.24) is 4.98 Å². The summed E-state index contributed by atoms with van der Waals surface area (Å²) < 4.78 is 5.52. The molecule has 0 amide bonds. The molecule has 0 bridgehead atoms. The van der Waals surface area contributed by atoms with Gasteiger partial charge in [0.1, 0.15) is 5.82 Å². The number of piperidine rings is 1. The van der Waals surface area contributed by atoms with Crippen LogP contribution >= 0.6 is 0 Å². The number of hydrogen-bond acceptors (Lipinski definition) is 4. The molecule has 0 radical (unpaired) electrons. The van der Waals surface area contributed by atoms with Crippen molar-refractivity contribution in [3.8, 4) is 0 Å². The highest BCUT2D eigenvalue weighted by atomic mass is 16.5. The molecule has 0 saturated carbocycles. The average Bonchev–Trinajstić information content (AvgIpc) is 2.39. The van der Waals surface area contributed by atoms with Crippen molar-refractivity contribution in [3.63, 3.8) is 0 Å². The fourth-order valence-electron chi connectivity index (χ4n) is 2.53. The molecule has 1 aromatic rings. The topological polar surface area (TPSA) is 45.6 Å². The second kappa shape index (κ2) is 5.67. The first kappa shape index (κ1) is 13.3. The molecule has 1 aromatic heterocycles. The molecule has 4 heteroatoms. The predicted molar refractivity (Wildman–Crippen MR) is 71.7 cm³/mol. The van der Waals surface area contributed by atoms with E-state index < -0.39 is 6.10 Å². The standard InChI is InChI=1S/C14H22N2O2/c1-10-6-8-16(9-13(10)18-3)14-12(11(2)17)5-4-7-15-14/h4-5,7,10-11,13,17H,6,8-9H2,1-3H3/t10?,11-,13?/m0/s1. The minimum Gasteiger partial charge on any atom is -0.389 e. The van der Waals surface area contributed by atoms with Crippen LogP contribution in [0, 0.1) is 5.92 Å². The van der Waals surface area contributed by atoms with Crippen LogP contribution in [0.15, 0.2) is 18.3 Å². The molecule has 100 valence electrons. The van der Waals surface area contributed by atoms with Gasteiger partial charge in [0.15, 0.2) is 0 Å². The van der Waals surface area contributed by atoms with Crippen molar-refractivity contribution in [2.24, 2.45) is 5.92 Å². The molecule has 1 aliphatic heterocycles. The summed E-state index contributed by atoms with van der Waals surface area (Å²) in [5.74, 6) is 1.46. The average molecular weight is 250 g/mol. The molecule has 0 spiro atoms. The lowest BCUT2D eigenvalue weighted by Gasteiger charge is -2.37. The van der Waals surface area contributed by atoms with Gasteiger partial charge in [-0.3, -0.25) is 0 Å². The smallest absolute Gasteiger partial charge is 0.134 e. The second-order valence-electron chi connectivity index (χ2n) is 5.08. The van der Waals surface area contributed by atoms with Gasteiger partial charge in [-0.25, -0.2) is 4.98 Å². The highest BCUT2D eigenvalue weighted by molar-refractivity contribution is 5.48. The maximum Gasteiger partial charge on any atom is 0.134 e. The third-order valence-electron chi connectivity index (χ3n) is 3.76. The van der Waals surface area contributed by atoms with Gasteiger partial charge in [-0.2, -0.15) is 0 Å². The monoisotopic (exact) mass is 250 g/mol. The lowest BCUT2D eigenvalue weighted by atomic mass is 9.95. The molecule has 1 fully saturated rings. The first-order chi connectivity index (χ1) is 8.63. The summed E-state index contributed by atoms with van der Waals surface area (Å²) in [5.41, 5.74) is 0.891. The van der Waals surface area contributed by atoms with Gasteiger partial charge < -0.3 is 14.7 Å². The van der Waals surface area contributed by atoms with E-state index in [9.17, 15) is 5.11 Å². The second-order valence-corrected chi connectivity index (χ2v) is 5.08. The lowest BCUT2D eigenvalue weighted by molar-refractivity contribution is 0.0494. The third-order valence-corrected chi connectivity index (χ3v) is 3.76. The molecule has 0 aromatic carbocycles. The van der Waals surface area contributed by atoms with Gasteiger partial charge in [-0.15, -0.1) is 0 Å². The zero-order valence-electron chi connectivity index (χ0n) is 11.3. The third kappa shape index (κ3) is 2.65. The number of methoxy groups -OCH3 is 1. The minimum atomic E-state index is -0.492. The number of aromatic nitrogens is 1. The Morgan fingerprint density at radius 3 is 3.00 bits per heavy atom. The van der Waals surface area contributed by atoms with Crippen molar-refractivity contribution in [1.29, 1.82) is 0 Å². The van der Waals surface area contributed by atoms with Gasteiger partial charge in [0.05, 0.1) is 12.2 Å². The largest absolute Gasteiger partial charge is 0.389 e. The SMILES string of the molecule is COC1CN(c2ncccc2[C@H](C)O)CCC1C. The van der Waals surface area contributed by atoms with Crippen LogP contribution in [0.3, 0.4) is 0 Å². The minimum absolute atomic E-state index is 0.239. The summed E-state index contributed by atoms with van der Waals surface area (Å²) in [4.78, 5) is 6.65. The van der Waals surface area contributed by atoms with Gasteiger partial charge in [-0.1, -0.05) is 13.0 Å². The molecule has 4 nitrogen and oxygen atoms in total. The summed E-state index contributed by atoms with van der Waals surface area (Å²) in [6, 6.07) is 3.80. The van der Waals surface area contributed by atoms with Crippen LogP contribution in [0.5, 0.6) is 0 Å². The maximum absolute atomic E-state index is 9.81. The van der Waals surface area contributed by atoms with E-state index in [1.807, 2.05) is 12.1 Å². The first-order valence-electron chi connectivity index (χ1n) is 6.54. The Morgan fingerprint density at radius 2 is 2.33 bits per heavy atom. The number of rotatable bonds is 3. The highest BCUT2D eigenvalue weighted by Crippen LogP contribution is 2.28. The number of anilines is 1. The van der Waals surface area contributed by atoms with E-state index in [4.69, 9.17) is 4.74 Å². The van der Waals surface area contributed by atoms with Crippen molar-refractivity contribution in [2.75, 3.05) is 25.1 Å². The highest BCUT2D eigenvalue weighted by Gasteiger charge is 2.28. The summed E-state index contributed by atoms with van der Waals surface area (Å²) in [6.45, 7) is 5.81. The summed E-state index contributed by atoms with van der Waals surface area (Å²) >= 11 is 0. The van der Waals surface area contributed by atoms with Gasteiger partial charge in [0, 0.05) is 32.0 Å². The molecule has 18 heavy (non-hydrogen) atoms. The van der Waals surface area contributed by atoms with E-state index in [0.717, 1.165) is 30.9 Å². The van der Waals surface area contributed by atoms with E-state index in [0.29, 0.717) is 5.92 Å². The van der Waals surface area contributed by atoms with E-state index >= 15 is 0 Å². The zero-order chi connectivity index (χ0) is 13.1.